The van der Waals surface area contributed by atoms with Crippen molar-refractivity contribution in [2.75, 3.05) is 25.0 Å². The molecule has 0 bridgehead atoms. The van der Waals surface area contributed by atoms with Crippen LogP contribution in [0.25, 0.3) is 11.0 Å². The van der Waals surface area contributed by atoms with Gasteiger partial charge in [0.25, 0.3) is 0 Å². The van der Waals surface area contributed by atoms with Crippen LogP contribution in [0.5, 0.6) is 5.75 Å². The first-order valence-corrected chi connectivity index (χ1v) is 11.2. The van der Waals surface area contributed by atoms with Crippen molar-refractivity contribution in [1.29, 1.82) is 0 Å². The number of nitrogens with two attached hydrogens (primary N) is 1. The highest BCUT2D eigenvalue weighted by atomic mass is 16.3. The van der Waals surface area contributed by atoms with Gasteiger partial charge in [0.05, 0.1) is 17.6 Å². The molecule has 1 aromatic carbocycles. The summed E-state index contributed by atoms with van der Waals surface area (Å²) < 4.78 is 2.12. The molecule has 8 nitrogen and oxygen atoms in total. The molecule has 170 valence electrons. The predicted octanol–water partition coefficient (Wildman–Crippen LogP) is 2.86. The lowest BCUT2D eigenvalue weighted by atomic mass is 10.1. The number of aromatic nitrogens is 3. The van der Waals surface area contributed by atoms with Gasteiger partial charge in [0.15, 0.2) is 0 Å². The van der Waals surface area contributed by atoms with Gasteiger partial charge in [-0.3, -0.25) is 9.78 Å². The summed E-state index contributed by atoms with van der Waals surface area (Å²) in [6.07, 6.45) is 2.33. The molecule has 1 fully saturated rings. The number of aryl methyl sites for hydroxylation is 3. The van der Waals surface area contributed by atoms with Crippen LogP contribution in [0.4, 0.5) is 5.95 Å². The number of aromatic hydroxyl groups is 1. The zero-order valence-electron chi connectivity index (χ0n) is 19.1. The second kappa shape index (κ2) is 9.16. The fourth-order valence-corrected chi connectivity index (χ4v) is 4.46. The predicted molar refractivity (Wildman–Crippen MR) is 126 cm³/mol. The van der Waals surface area contributed by atoms with Crippen LogP contribution in [-0.4, -0.2) is 56.1 Å². The maximum absolute atomic E-state index is 11.1. The van der Waals surface area contributed by atoms with Crippen LogP contribution in [0.2, 0.25) is 0 Å². The van der Waals surface area contributed by atoms with Crippen molar-refractivity contribution in [2.24, 2.45) is 5.73 Å². The van der Waals surface area contributed by atoms with Crippen LogP contribution >= 0.6 is 0 Å². The Balaban J connectivity index is 1.60. The number of imidazole rings is 1. The summed E-state index contributed by atoms with van der Waals surface area (Å²) in [5.41, 5.74) is 11.1. The van der Waals surface area contributed by atoms with Crippen molar-refractivity contribution >= 4 is 22.9 Å². The number of rotatable bonds is 7. The largest absolute Gasteiger partial charge is 0.506 e. The molecule has 3 heterocycles. The van der Waals surface area contributed by atoms with E-state index in [1.807, 2.05) is 13.0 Å². The topological polar surface area (TPSA) is 109 Å². The van der Waals surface area contributed by atoms with Crippen LogP contribution in [0.15, 0.2) is 24.3 Å². The fraction of sp³-hybridized carbons (Fsp3) is 0.458. The Bertz CT molecular complexity index is 1130. The first-order valence-electron chi connectivity index (χ1n) is 11.2. The SMILES string of the molecule is Cc1cc(C)c2nc(NC3CCN(CCC(N)=O)CC3)n(Cc3nc(C)ccc3O)c2c1. The quantitative estimate of drug-likeness (QED) is 0.525. The van der Waals surface area contributed by atoms with Crippen molar-refractivity contribution < 1.29 is 9.90 Å². The number of hydrogen-bond donors (Lipinski definition) is 3. The minimum absolute atomic E-state index is 0.190. The number of carbonyl (C=O) groups excluding carboxylic acids is 1. The molecule has 1 amide bonds. The normalized spacial score (nSPS) is 15.3. The van der Waals surface area contributed by atoms with E-state index in [9.17, 15) is 9.90 Å². The molecule has 4 N–H and O–H groups in total. The number of nitrogens with one attached hydrogen (secondary N) is 1. The van der Waals surface area contributed by atoms with E-state index < -0.39 is 0 Å². The molecule has 8 heteroatoms. The molecule has 0 atom stereocenters. The lowest BCUT2D eigenvalue weighted by Crippen LogP contribution is -2.40. The van der Waals surface area contributed by atoms with E-state index in [-0.39, 0.29) is 17.7 Å². The van der Waals surface area contributed by atoms with Crippen molar-refractivity contribution in [3.63, 3.8) is 0 Å². The Hall–Kier alpha value is -3.13. The van der Waals surface area contributed by atoms with Gasteiger partial charge in [-0.05, 0) is 62.9 Å². The van der Waals surface area contributed by atoms with Gasteiger partial charge >= 0.3 is 0 Å². The lowest BCUT2D eigenvalue weighted by Gasteiger charge is -2.32. The van der Waals surface area contributed by atoms with Gasteiger partial charge in [-0.25, -0.2) is 4.98 Å². The zero-order valence-corrected chi connectivity index (χ0v) is 19.1. The monoisotopic (exact) mass is 436 g/mol. The number of nitrogens with zero attached hydrogens (tertiary/aromatic N) is 4. The minimum atomic E-state index is -0.252. The molecule has 0 spiro atoms. The minimum Gasteiger partial charge on any atom is -0.506 e. The molecular formula is C24H32N6O2. The molecule has 0 unspecified atom stereocenters. The van der Waals surface area contributed by atoms with Crippen molar-refractivity contribution in [1.82, 2.24) is 19.4 Å². The highest BCUT2D eigenvalue weighted by Gasteiger charge is 2.22. The fourth-order valence-electron chi connectivity index (χ4n) is 4.46. The molecular weight excluding hydrogens is 404 g/mol. The summed E-state index contributed by atoms with van der Waals surface area (Å²) in [5.74, 6) is 0.736. The Labute approximate surface area is 188 Å². The van der Waals surface area contributed by atoms with Crippen molar-refractivity contribution in [3.8, 4) is 5.75 Å². The van der Waals surface area contributed by atoms with E-state index in [0.29, 0.717) is 18.7 Å². The number of likely N-dealkylation sites (tertiary alicyclic amines) is 1. The van der Waals surface area contributed by atoms with Crippen LogP contribution in [0.1, 0.15) is 41.8 Å². The number of hydrogen-bond acceptors (Lipinski definition) is 6. The molecule has 3 aromatic rings. The third kappa shape index (κ3) is 4.85. The van der Waals surface area contributed by atoms with Gasteiger partial charge in [-0.1, -0.05) is 6.07 Å². The van der Waals surface area contributed by atoms with Crippen LogP contribution in [0, 0.1) is 20.8 Å². The van der Waals surface area contributed by atoms with Gasteiger partial charge in [0, 0.05) is 37.8 Å². The number of amides is 1. The summed E-state index contributed by atoms with van der Waals surface area (Å²) in [5, 5.41) is 14.0. The van der Waals surface area contributed by atoms with E-state index >= 15 is 0 Å². The number of carbonyl (C=O) groups is 1. The third-order valence-corrected chi connectivity index (χ3v) is 6.18. The molecule has 0 aliphatic carbocycles. The Morgan fingerprint density at radius 3 is 2.66 bits per heavy atom. The second-order valence-corrected chi connectivity index (χ2v) is 8.87. The van der Waals surface area contributed by atoms with Crippen molar-refractivity contribution in [2.45, 2.75) is 52.6 Å². The van der Waals surface area contributed by atoms with E-state index in [2.05, 4.69) is 45.7 Å². The van der Waals surface area contributed by atoms with E-state index in [4.69, 9.17) is 10.7 Å². The second-order valence-electron chi connectivity index (χ2n) is 8.87. The summed E-state index contributed by atoms with van der Waals surface area (Å²) in [7, 11) is 0. The Morgan fingerprint density at radius 1 is 1.19 bits per heavy atom. The van der Waals surface area contributed by atoms with Gasteiger partial charge in [0.1, 0.15) is 11.4 Å². The van der Waals surface area contributed by atoms with Gasteiger partial charge in [-0.15, -0.1) is 0 Å². The van der Waals surface area contributed by atoms with Crippen molar-refractivity contribution in [3.05, 3.63) is 46.8 Å². The molecule has 4 rings (SSSR count). The highest BCUT2D eigenvalue weighted by Crippen LogP contribution is 2.28. The Morgan fingerprint density at radius 2 is 1.94 bits per heavy atom. The first kappa shape index (κ1) is 22.1. The summed E-state index contributed by atoms with van der Waals surface area (Å²) >= 11 is 0. The maximum atomic E-state index is 11.1. The molecule has 1 aliphatic heterocycles. The number of fused-ring (bicyclic) bond motifs is 1. The third-order valence-electron chi connectivity index (χ3n) is 6.18. The van der Waals surface area contributed by atoms with Gasteiger partial charge < -0.3 is 25.6 Å². The Kier molecular flexibility index (Phi) is 6.32. The molecule has 32 heavy (non-hydrogen) atoms. The van der Waals surface area contributed by atoms with Crippen LogP contribution < -0.4 is 11.1 Å². The molecule has 2 aromatic heterocycles. The number of benzene rings is 1. The molecule has 1 saturated heterocycles. The molecule has 0 radical (unpaired) electrons. The molecule has 0 saturated carbocycles. The van der Waals surface area contributed by atoms with E-state index in [1.165, 1.54) is 5.56 Å². The maximum Gasteiger partial charge on any atom is 0.218 e. The van der Waals surface area contributed by atoms with Gasteiger partial charge in [0.2, 0.25) is 11.9 Å². The lowest BCUT2D eigenvalue weighted by molar-refractivity contribution is -0.118. The summed E-state index contributed by atoms with van der Waals surface area (Å²) in [4.78, 5) is 22.9. The number of pyridine rings is 1. The zero-order chi connectivity index (χ0) is 22.8. The van der Waals surface area contributed by atoms with Gasteiger partial charge in [-0.2, -0.15) is 0 Å². The van der Waals surface area contributed by atoms with Crippen LogP contribution in [0.3, 0.4) is 0 Å². The number of piperidine rings is 1. The summed E-state index contributed by atoms with van der Waals surface area (Å²) in [6.45, 7) is 9.09. The summed E-state index contributed by atoms with van der Waals surface area (Å²) in [6, 6.07) is 8.07. The van der Waals surface area contributed by atoms with E-state index in [0.717, 1.165) is 60.7 Å². The van der Waals surface area contributed by atoms with E-state index in [1.54, 1.807) is 6.07 Å². The average Bonchev–Trinajstić information content (AvgIpc) is 3.07. The molecule has 1 aliphatic rings. The average molecular weight is 437 g/mol. The first-order chi connectivity index (χ1) is 15.3. The van der Waals surface area contributed by atoms with Crippen LogP contribution in [-0.2, 0) is 11.3 Å². The smallest absolute Gasteiger partial charge is 0.218 e. The standard InChI is InChI=1S/C24H32N6O2/c1-15-12-16(2)23-20(13-15)30(14-19-21(31)5-4-17(3)26-19)24(28-23)27-18-6-9-29(10-7-18)11-8-22(25)32/h4-5,12-13,18,31H,6-11,14H2,1-3H3,(H2,25,32)(H,27,28). The highest BCUT2D eigenvalue weighted by molar-refractivity contribution is 5.83. The number of primary amides is 1. The number of anilines is 1.